The van der Waals surface area contributed by atoms with Gasteiger partial charge in [0.15, 0.2) is 9.84 Å². The third-order valence-electron chi connectivity index (χ3n) is 6.95. The second kappa shape index (κ2) is 12.9. The molecule has 0 saturated carbocycles. The summed E-state index contributed by atoms with van der Waals surface area (Å²) in [6, 6.07) is 35.8. The maximum atomic E-state index is 13.0. The van der Waals surface area contributed by atoms with Gasteiger partial charge < -0.3 is 9.64 Å². The highest BCUT2D eigenvalue weighted by molar-refractivity contribution is 7.91. The lowest BCUT2D eigenvalue weighted by molar-refractivity contribution is 0.200. The van der Waals surface area contributed by atoms with Gasteiger partial charge in [-0.2, -0.15) is 0 Å². The molecular weight excluding hydrogens is 502 g/mol. The number of aryl methyl sites for hydroxylation is 1. The first-order valence-corrected chi connectivity index (χ1v) is 15.0. The molecule has 5 heteroatoms. The number of sulfone groups is 1. The molecule has 0 aliphatic heterocycles. The first-order chi connectivity index (χ1) is 18.8. The lowest BCUT2D eigenvalue weighted by Crippen LogP contribution is -2.39. The van der Waals surface area contributed by atoms with Crippen molar-refractivity contribution in [2.45, 2.75) is 31.2 Å². The van der Waals surface area contributed by atoms with E-state index in [1.807, 2.05) is 62.3 Å². The SMILES string of the molecule is CC/C(=C(\c1ccccc1)c1ccc(OCC(CS(=O)(=O)c2ccc(C)cc2)N(C)C)cc1)c1ccccc1. The Bertz CT molecular complexity index is 1480. The molecule has 0 fully saturated rings. The van der Waals surface area contributed by atoms with Crippen molar-refractivity contribution in [3.8, 4) is 5.75 Å². The Morgan fingerprint density at radius 3 is 1.82 bits per heavy atom. The smallest absolute Gasteiger partial charge is 0.180 e. The van der Waals surface area contributed by atoms with Crippen LogP contribution in [0.4, 0.5) is 0 Å². The summed E-state index contributed by atoms with van der Waals surface area (Å²) in [5.41, 5.74) is 7.00. The Labute approximate surface area is 233 Å². The van der Waals surface area contributed by atoms with Crippen LogP contribution in [0.15, 0.2) is 114 Å². The molecule has 1 unspecified atom stereocenters. The van der Waals surface area contributed by atoms with Gasteiger partial charge in [-0.1, -0.05) is 97.4 Å². The molecular formula is C34H37NO3S. The van der Waals surface area contributed by atoms with Gasteiger partial charge in [-0.25, -0.2) is 8.42 Å². The monoisotopic (exact) mass is 539 g/mol. The van der Waals surface area contributed by atoms with E-state index in [2.05, 4.69) is 67.6 Å². The molecule has 0 aromatic heterocycles. The third kappa shape index (κ3) is 7.25. The van der Waals surface area contributed by atoms with Gasteiger partial charge in [-0.15, -0.1) is 0 Å². The largest absolute Gasteiger partial charge is 0.492 e. The lowest BCUT2D eigenvalue weighted by atomic mass is 9.88. The highest BCUT2D eigenvalue weighted by Crippen LogP contribution is 2.35. The minimum Gasteiger partial charge on any atom is -0.492 e. The van der Waals surface area contributed by atoms with Gasteiger partial charge in [0.1, 0.15) is 12.4 Å². The number of benzene rings is 4. The van der Waals surface area contributed by atoms with Crippen molar-refractivity contribution in [1.82, 2.24) is 4.90 Å². The van der Waals surface area contributed by atoms with Gasteiger partial charge >= 0.3 is 0 Å². The minimum atomic E-state index is -3.44. The molecule has 39 heavy (non-hydrogen) atoms. The number of rotatable bonds is 11. The highest BCUT2D eigenvalue weighted by atomic mass is 32.2. The van der Waals surface area contributed by atoms with Crippen molar-refractivity contribution in [2.24, 2.45) is 0 Å². The second-order valence-electron chi connectivity index (χ2n) is 9.99. The number of likely N-dealkylation sites (N-methyl/N-ethyl adjacent to an activating group) is 1. The van der Waals surface area contributed by atoms with Crippen LogP contribution in [-0.4, -0.2) is 45.8 Å². The first kappa shape index (κ1) is 28.3. The van der Waals surface area contributed by atoms with E-state index in [1.165, 1.54) is 22.3 Å². The zero-order valence-corrected chi connectivity index (χ0v) is 24.0. The summed E-state index contributed by atoms with van der Waals surface area (Å²) in [5, 5.41) is 0. The maximum absolute atomic E-state index is 13.0. The molecule has 4 aromatic carbocycles. The maximum Gasteiger partial charge on any atom is 0.180 e. The molecule has 202 valence electrons. The molecule has 0 aliphatic carbocycles. The van der Waals surface area contributed by atoms with Crippen molar-refractivity contribution < 1.29 is 13.2 Å². The van der Waals surface area contributed by atoms with Gasteiger partial charge in [0.05, 0.1) is 16.7 Å². The van der Waals surface area contributed by atoms with Crippen LogP contribution in [0.1, 0.15) is 35.6 Å². The van der Waals surface area contributed by atoms with Gasteiger partial charge in [0, 0.05) is 0 Å². The fourth-order valence-electron chi connectivity index (χ4n) is 4.64. The molecule has 4 nitrogen and oxygen atoms in total. The number of hydrogen-bond acceptors (Lipinski definition) is 4. The number of hydrogen-bond donors (Lipinski definition) is 0. The zero-order chi connectivity index (χ0) is 27.8. The molecule has 4 rings (SSSR count). The molecule has 1 atom stereocenters. The summed E-state index contributed by atoms with van der Waals surface area (Å²) < 4.78 is 32.2. The molecule has 0 heterocycles. The molecule has 0 saturated heterocycles. The number of ether oxygens (including phenoxy) is 1. The van der Waals surface area contributed by atoms with Crippen molar-refractivity contribution in [2.75, 3.05) is 26.5 Å². The summed E-state index contributed by atoms with van der Waals surface area (Å²) in [4.78, 5) is 2.25. The Hall–Kier alpha value is -3.67. The van der Waals surface area contributed by atoms with Crippen LogP contribution in [0.5, 0.6) is 5.75 Å². The van der Waals surface area contributed by atoms with Crippen molar-refractivity contribution in [1.29, 1.82) is 0 Å². The van der Waals surface area contributed by atoms with E-state index in [0.717, 1.165) is 17.5 Å². The molecule has 0 bridgehead atoms. The molecule has 0 amide bonds. The fourth-order valence-corrected chi connectivity index (χ4v) is 6.28. The summed E-state index contributed by atoms with van der Waals surface area (Å²) in [5.74, 6) is 0.697. The lowest BCUT2D eigenvalue weighted by Gasteiger charge is -2.24. The van der Waals surface area contributed by atoms with Gasteiger partial charge in [-0.05, 0) is 79.5 Å². The summed E-state index contributed by atoms with van der Waals surface area (Å²) in [7, 11) is 0.326. The Morgan fingerprint density at radius 1 is 0.744 bits per heavy atom. The molecule has 0 spiro atoms. The quantitative estimate of drug-likeness (QED) is 0.190. The average Bonchev–Trinajstić information content (AvgIpc) is 2.95. The van der Waals surface area contributed by atoms with Gasteiger partial charge in [0.25, 0.3) is 0 Å². The molecule has 0 radical (unpaired) electrons. The van der Waals surface area contributed by atoms with Crippen molar-refractivity contribution in [3.05, 3.63) is 131 Å². The number of nitrogens with zero attached hydrogens (tertiary/aromatic N) is 1. The topological polar surface area (TPSA) is 46.6 Å². The van der Waals surface area contributed by atoms with Gasteiger partial charge in [-0.3, -0.25) is 0 Å². The molecule has 0 N–H and O–H groups in total. The highest BCUT2D eigenvalue weighted by Gasteiger charge is 2.24. The van der Waals surface area contributed by atoms with E-state index in [1.54, 1.807) is 12.1 Å². The van der Waals surface area contributed by atoms with E-state index < -0.39 is 9.84 Å². The Balaban J connectivity index is 1.56. The van der Waals surface area contributed by atoms with Crippen molar-refractivity contribution >= 4 is 21.0 Å². The van der Waals surface area contributed by atoms with Crippen LogP contribution in [0.2, 0.25) is 0 Å². The Kier molecular flexibility index (Phi) is 9.39. The van der Waals surface area contributed by atoms with E-state index in [9.17, 15) is 8.42 Å². The first-order valence-electron chi connectivity index (χ1n) is 13.3. The number of allylic oxidation sites excluding steroid dienone is 1. The van der Waals surface area contributed by atoms with Crippen LogP contribution in [0.3, 0.4) is 0 Å². The normalized spacial score (nSPS) is 13.2. The standard InChI is InChI=1S/C34H37NO3S/c1-5-33(27-12-8-6-9-13-27)34(28-14-10-7-11-15-28)29-18-20-31(21-19-29)38-24-30(35(3)4)25-39(36,37)32-22-16-26(2)17-23-32/h6-23,30H,5,24-25H2,1-4H3/b34-33-. The predicted octanol–water partition coefficient (Wildman–Crippen LogP) is 7.15. The average molecular weight is 540 g/mol. The van der Waals surface area contributed by atoms with Gasteiger partial charge in [0.2, 0.25) is 0 Å². The summed E-state index contributed by atoms with van der Waals surface area (Å²) in [6.45, 7) is 4.40. The van der Waals surface area contributed by atoms with Crippen LogP contribution >= 0.6 is 0 Å². The molecule has 0 aliphatic rings. The van der Waals surface area contributed by atoms with Crippen LogP contribution < -0.4 is 4.74 Å². The van der Waals surface area contributed by atoms with Crippen LogP contribution in [-0.2, 0) is 9.84 Å². The van der Waals surface area contributed by atoms with Crippen LogP contribution in [0.25, 0.3) is 11.1 Å². The fraction of sp³-hybridized carbons (Fsp3) is 0.235. The molecule has 4 aromatic rings. The third-order valence-corrected chi connectivity index (χ3v) is 8.76. The second-order valence-corrected chi connectivity index (χ2v) is 12.0. The predicted molar refractivity (Wildman–Crippen MR) is 162 cm³/mol. The summed E-state index contributed by atoms with van der Waals surface area (Å²) in [6.07, 6.45) is 0.895. The van der Waals surface area contributed by atoms with E-state index in [-0.39, 0.29) is 18.4 Å². The summed E-state index contributed by atoms with van der Waals surface area (Å²) >= 11 is 0. The van der Waals surface area contributed by atoms with E-state index >= 15 is 0 Å². The van der Waals surface area contributed by atoms with E-state index in [4.69, 9.17) is 4.74 Å². The van der Waals surface area contributed by atoms with Crippen LogP contribution in [0, 0.1) is 6.92 Å². The zero-order valence-electron chi connectivity index (χ0n) is 23.2. The van der Waals surface area contributed by atoms with E-state index in [0.29, 0.717) is 10.6 Å². The Morgan fingerprint density at radius 2 is 1.28 bits per heavy atom. The minimum absolute atomic E-state index is 0.0149. The van der Waals surface area contributed by atoms with Crippen molar-refractivity contribution in [3.63, 3.8) is 0 Å².